The minimum Gasteiger partial charge on any atom is -0.383 e. The molecule has 0 atom stereocenters. The average molecular weight is 445 g/mol. The van der Waals surface area contributed by atoms with Crippen LogP contribution in [0.3, 0.4) is 0 Å². The minimum atomic E-state index is -0.0391. The van der Waals surface area contributed by atoms with E-state index in [2.05, 4.69) is 0 Å². The molecule has 162 valence electrons. The molecule has 0 aromatic heterocycles. The number of amides is 1. The Morgan fingerprint density at radius 1 is 0.906 bits per heavy atom. The van der Waals surface area contributed by atoms with E-state index >= 15 is 0 Å². The van der Waals surface area contributed by atoms with Crippen LogP contribution in [0.5, 0.6) is 0 Å². The van der Waals surface area contributed by atoms with E-state index in [1.165, 1.54) is 0 Å². The Bertz CT molecular complexity index is 1170. The van der Waals surface area contributed by atoms with E-state index in [1.54, 1.807) is 18.3 Å². The van der Waals surface area contributed by atoms with Crippen LogP contribution < -0.4 is 4.90 Å². The summed E-state index contributed by atoms with van der Waals surface area (Å²) >= 11 is 5.97. The Morgan fingerprint density at radius 3 is 2.19 bits per heavy atom. The van der Waals surface area contributed by atoms with Crippen LogP contribution in [0.2, 0.25) is 5.02 Å². The van der Waals surface area contributed by atoms with Crippen LogP contribution in [0.1, 0.15) is 32.7 Å². The number of aryl methyl sites for hydroxylation is 1. The molecule has 0 fully saturated rings. The van der Waals surface area contributed by atoms with Gasteiger partial charge in [-0.15, -0.1) is 0 Å². The predicted octanol–water partition coefficient (Wildman–Crippen LogP) is 5.86. The molecule has 5 heteroatoms. The van der Waals surface area contributed by atoms with Crippen molar-refractivity contribution in [3.63, 3.8) is 0 Å². The van der Waals surface area contributed by atoms with Gasteiger partial charge in [-0.3, -0.25) is 9.59 Å². The largest absolute Gasteiger partial charge is 0.383 e. The third-order valence-corrected chi connectivity index (χ3v) is 5.81. The molecule has 3 aromatic rings. The van der Waals surface area contributed by atoms with E-state index in [4.69, 9.17) is 11.6 Å². The summed E-state index contributed by atoms with van der Waals surface area (Å²) in [5.41, 5.74) is 5.29. The topological polar surface area (TPSA) is 40.6 Å². The van der Waals surface area contributed by atoms with Crippen molar-refractivity contribution < 1.29 is 9.59 Å². The number of benzene rings is 3. The fourth-order valence-corrected chi connectivity index (χ4v) is 4.00. The summed E-state index contributed by atoms with van der Waals surface area (Å²) in [4.78, 5) is 29.4. The molecule has 0 radical (unpaired) electrons. The number of fused-ring (bicyclic) bond motifs is 1. The number of halogens is 1. The zero-order chi connectivity index (χ0) is 22.7. The molecule has 4 rings (SSSR count). The molecular formula is C27H25ClN2O2. The lowest BCUT2D eigenvalue weighted by molar-refractivity contribution is 0.0984. The van der Waals surface area contributed by atoms with Crippen LogP contribution in [0.25, 0.3) is 11.1 Å². The molecule has 0 saturated carbocycles. The summed E-state index contributed by atoms with van der Waals surface area (Å²) in [6.45, 7) is 0.665. The number of hydrogen-bond donors (Lipinski definition) is 0. The number of hydrogen-bond acceptors (Lipinski definition) is 3. The third kappa shape index (κ3) is 4.76. The summed E-state index contributed by atoms with van der Waals surface area (Å²) in [5.74, 6) is -0.0667. The molecule has 0 unspecified atom stereocenters. The molecule has 3 aromatic carbocycles. The standard InChI is InChI=1S/C27H25ClN2O2/c1-29(2)17-15-26(31)23-11-14-25-22(18-23)4-3-16-30(25)27(32)21-7-5-19(6-8-21)20-9-12-24(28)13-10-20/h5-15,17-18H,3-4,16H2,1-2H3/b17-15+. The highest BCUT2D eigenvalue weighted by Gasteiger charge is 2.24. The molecule has 0 saturated heterocycles. The highest BCUT2D eigenvalue weighted by molar-refractivity contribution is 6.30. The number of allylic oxidation sites excluding steroid dienone is 1. The normalized spacial score (nSPS) is 13.2. The van der Waals surface area contributed by atoms with E-state index in [-0.39, 0.29) is 11.7 Å². The highest BCUT2D eigenvalue weighted by Crippen LogP contribution is 2.30. The number of ketones is 1. The lowest BCUT2D eigenvalue weighted by Crippen LogP contribution is -2.35. The van der Waals surface area contributed by atoms with Crippen molar-refractivity contribution in [1.82, 2.24) is 4.90 Å². The van der Waals surface area contributed by atoms with Crippen molar-refractivity contribution in [1.29, 1.82) is 0 Å². The SMILES string of the molecule is CN(C)/C=C/C(=O)c1ccc2c(c1)CCCN2C(=O)c1ccc(-c2ccc(Cl)cc2)cc1. The lowest BCUT2D eigenvalue weighted by Gasteiger charge is -2.30. The molecule has 0 N–H and O–H groups in total. The van der Waals surface area contributed by atoms with Gasteiger partial charge in [0.05, 0.1) is 0 Å². The molecule has 1 aliphatic heterocycles. The van der Waals surface area contributed by atoms with Crippen molar-refractivity contribution in [3.8, 4) is 11.1 Å². The molecule has 0 bridgehead atoms. The van der Waals surface area contributed by atoms with Gasteiger partial charge in [-0.1, -0.05) is 35.9 Å². The van der Waals surface area contributed by atoms with Gasteiger partial charge in [0.1, 0.15) is 0 Å². The van der Waals surface area contributed by atoms with Gasteiger partial charge >= 0.3 is 0 Å². The number of rotatable bonds is 5. The van der Waals surface area contributed by atoms with Crippen molar-refractivity contribution in [3.05, 3.63) is 101 Å². The maximum atomic E-state index is 13.3. The zero-order valence-electron chi connectivity index (χ0n) is 18.2. The van der Waals surface area contributed by atoms with Gasteiger partial charge in [-0.25, -0.2) is 0 Å². The highest BCUT2D eigenvalue weighted by atomic mass is 35.5. The Morgan fingerprint density at radius 2 is 1.53 bits per heavy atom. The lowest BCUT2D eigenvalue weighted by atomic mass is 9.96. The molecule has 1 aliphatic rings. The van der Waals surface area contributed by atoms with Gasteiger partial charge in [0, 0.05) is 54.8 Å². The molecule has 0 aliphatic carbocycles. The van der Waals surface area contributed by atoms with Gasteiger partial charge in [0.15, 0.2) is 5.78 Å². The first kappa shape index (κ1) is 21.8. The first-order chi connectivity index (χ1) is 15.4. The number of carbonyl (C=O) groups excluding carboxylic acids is 2. The second-order valence-corrected chi connectivity index (χ2v) is 8.57. The average Bonchev–Trinajstić information content (AvgIpc) is 2.82. The summed E-state index contributed by atoms with van der Waals surface area (Å²) in [7, 11) is 3.75. The van der Waals surface area contributed by atoms with E-state index in [1.807, 2.05) is 84.6 Å². The summed E-state index contributed by atoms with van der Waals surface area (Å²) < 4.78 is 0. The predicted molar refractivity (Wildman–Crippen MR) is 130 cm³/mol. The Balaban J connectivity index is 1.55. The number of anilines is 1. The molecule has 4 nitrogen and oxygen atoms in total. The molecule has 1 amide bonds. The Kier molecular flexibility index (Phi) is 6.42. The van der Waals surface area contributed by atoms with E-state index in [0.717, 1.165) is 35.2 Å². The van der Waals surface area contributed by atoms with E-state index < -0.39 is 0 Å². The fraction of sp³-hybridized carbons (Fsp3) is 0.185. The Hall–Kier alpha value is -3.37. The number of nitrogens with zero attached hydrogens (tertiary/aromatic N) is 2. The van der Waals surface area contributed by atoms with Crippen LogP contribution in [-0.2, 0) is 6.42 Å². The molecule has 0 spiro atoms. The second-order valence-electron chi connectivity index (χ2n) is 8.13. The molecule has 32 heavy (non-hydrogen) atoms. The molecule has 1 heterocycles. The van der Waals surface area contributed by atoms with Crippen molar-refractivity contribution >= 4 is 29.0 Å². The Labute approximate surface area is 193 Å². The van der Waals surface area contributed by atoms with Crippen LogP contribution in [-0.4, -0.2) is 37.2 Å². The van der Waals surface area contributed by atoms with Crippen LogP contribution in [0, 0.1) is 0 Å². The fourth-order valence-electron chi connectivity index (χ4n) is 3.88. The van der Waals surface area contributed by atoms with E-state index in [9.17, 15) is 9.59 Å². The van der Waals surface area contributed by atoms with Gasteiger partial charge in [-0.2, -0.15) is 0 Å². The second kappa shape index (κ2) is 9.41. The van der Waals surface area contributed by atoms with Crippen molar-refractivity contribution in [2.75, 3.05) is 25.5 Å². The summed E-state index contributed by atoms with van der Waals surface area (Å²) in [5, 5.41) is 0.697. The third-order valence-electron chi connectivity index (χ3n) is 5.56. The minimum absolute atomic E-state index is 0.0276. The summed E-state index contributed by atoms with van der Waals surface area (Å²) in [6, 6.07) is 20.9. The first-order valence-corrected chi connectivity index (χ1v) is 11.0. The maximum Gasteiger partial charge on any atom is 0.258 e. The van der Waals surface area contributed by atoms with Gasteiger partial charge in [0.25, 0.3) is 5.91 Å². The molecular weight excluding hydrogens is 420 g/mol. The maximum absolute atomic E-state index is 13.3. The summed E-state index contributed by atoms with van der Waals surface area (Å²) in [6.07, 6.45) is 5.03. The smallest absolute Gasteiger partial charge is 0.258 e. The van der Waals surface area contributed by atoms with Crippen LogP contribution in [0.15, 0.2) is 79.0 Å². The van der Waals surface area contributed by atoms with Crippen LogP contribution >= 0.6 is 11.6 Å². The van der Waals surface area contributed by atoms with E-state index in [0.29, 0.717) is 22.7 Å². The number of carbonyl (C=O) groups is 2. The van der Waals surface area contributed by atoms with Crippen LogP contribution in [0.4, 0.5) is 5.69 Å². The van der Waals surface area contributed by atoms with Crippen molar-refractivity contribution in [2.45, 2.75) is 12.8 Å². The first-order valence-electron chi connectivity index (χ1n) is 10.6. The van der Waals surface area contributed by atoms with Gasteiger partial charge < -0.3 is 9.80 Å². The quantitative estimate of drug-likeness (QED) is 0.365. The zero-order valence-corrected chi connectivity index (χ0v) is 19.0. The van der Waals surface area contributed by atoms with Crippen molar-refractivity contribution in [2.24, 2.45) is 0 Å². The monoisotopic (exact) mass is 444 g/mol. The van der Waals surface area contributed by atoms with Gasteiger partial charge in [-0.05, 0) is 72.0 Å². The van der Waals surface area contributed by atoms with Gasteiger partial charge in [0.2, 0.25) is 0 Å².